The van der Waals surface area contributed by atoms with Crippen molar-refractivity contribution in [1.29, 1.82) is 0 Å². The molecule has 0 aromatic heterocycles. The molecule has 4 nitrogen and oxygen atoms in total. The van der Waals surface area contributed by atoms with Crippen molar-refractivity contribution in [3.63, 3.8) is 0 Å². The number of hydrogen-bond acceptors (Lipinski definition) is 3. The van der Waals surface area contributed by atoms with E-state index in [1.165, 1.54) is 10.4 Å². The molecule has 0 aliphatic carbocycles. The maximum atomic E-state index is 13.9. The zero-order valence-corrected chi connectivity index (χ0v) is 12.7. The van der Waals surface area contributed by atoms with Gasteiger partial charge in [-0.25, -0.2) is 12.8 Å². The van der Waals surface area contributed by atoms with Gasteiger partial charge in [-0.1, -0.05) is 32.4 Å². The van der Waals surface area contributed by atoms with Crippen molar-refractivity contribution in [1.82, 2.24) is 4.31 Å². The van der Waals surface area contributed by atoms with E-state index in [2.05, 4.69) is 0 Å². The quantitative estimate of drug-likeness (QED) is 0.851. The molecular formula is C12H18ClFN2O2S. The Labute approximate surface area is 118 Å². The summed E-state index contributed by atoms with van der Waals surface area (Å²) in [6, 6.07) is 2.29. The standard InChI is InChI=1S/C12H18ClFN2O2S/c1-4-16(7-8(2)3)19(17,18)11-6-9(15)5-10(13)12(11)14/h5-6,8H,4,7,15H2,1-3H3. The average molecular weight is 309 g/mol. The number of nitrogens with zero attached hydrogens (tertiary/aromatic N) is 1. The number of hydrogen-bond donors (Lipinski definition) is 1. The highest BCUT2D eigenvalue weighted by molar-refractivity contribution is 7.89. The van der Waals surface area contributed by atoms with Crippen LogP contribution in [-0.2, 0) is 10.0 Å². The van der Waals surface area contributed by atoms with Crippen molar-refractivity contribution in [3.05, 3.63) is 23.0 Å². The molecule has 0 aliphatic heterocycles. The third-order valence-corrected chi connectivity index (χ3v) is 4.77. The molecule has 7 heteroatoms. The summed E-state index contributed by atoms with van der Waals surface area (Å²) in [5.41, 5.74) is 5.65. The van der Waals surface area contributed by atoms with Crippen molar-refractivity contribution in [2.75, 3.05) is 18.8 Å². The first-order valence-corrected chi connectivity index (χ1v) is 7.76. The minimum absolute atomic E-state index is 0.116. The number of nitrogen functional groups attached to an aromatic ring is 1. The zero-order valence-electron chi connectivity index (χ0n) is 11.2. The molecule has 0 unspecified atom stereocenters. The van der Waals surface area contributed by atoms with Gasteiger partial charge in [-0.2, -0.15) is 4.31 Å². The Hall–Kier alpha value is -0.850. The normalized spacial score (nSPS) is 12.4. The topological polar surface area (TPSA) is 63.4 Å². The molecule has 0 heterocycles. The van der Waals surface area contributed by atoms with Crippen molar-refractivity contribution < 1.29 is 12.8 Å². The van der Waals surface area contributed by atoms with Crippen molar-refractivity contribution >= 4 is 27.3 Å². The second kappa shape index (κ2) is 6.07. The third kappa shape index (κ3) is 3.58. The Morgan fingerprint density at radius 2 is 2.00 bits per heavy atom. The SMILES string of the molecule is CCN(CC(C)C)S(=O)(=O)c1cc(N)cc(Cl)c1F. The molecule has 0 amide bonds. The van der Waals surface area contributed by atoms with Crippen LogP contribution < -0.4 is 5.73 Å². The fraction of sp³-hybridized carbons (Fsp3) is 0.500. The summed E-state index contributed by atoms with van der Waals surface area (Å²) in [5, 5.41) is -0.292. The summed E-state index contributed by atoms with van der Waals surface area (Å²) in [6.07, 6.45) is 0. The maximum absolute atomic E-state index is 13.9. The van der Waals surface area contributed by atoms with Crippen LogP contribution in [0.15, 0.2) is 17.0 Å². The Balaban J connectivity index is 3.33. The summed E-state index contributed by atoms with van der Waals surface area (Å²) >= 11 is 5.64. The smallest absolute Gasteiger partial charge is 0.246 e. The van der Waals surface area contributed by atoms with Gasteiger partial charge in [0.05, 0.1) is 5.02 Å². The third-order valence-electron chi connectivity index (χ3n) is 2.56. The Kier molecular flexibility index (Phi) is 5.18. The summed E-state index contributed by atoms with van der Waals surface area (Å²) in [4.78, 5) is -0.472. The molecule has 108 valence electrons. The van der Waals surface area contributed by atoms with Gasteiger partial charge in [-0.05, 0) is 18.1 Å². The minimum atomic E-state index is -3.93. The van der Waals surface area contributed by atoms with E-state index in [-0.39, 0.29) is 23.2 Å². The predicted molar refractivity (Wildman–Crippen MR) is 75.1 cm³/mol. The molecule has 19 heavy (non-hydrogen) atoms. The van der Waals surface area contributed by atoms with Gasteiger partial charge in [0.15, 0.2) is 5.82 Å². The molecule has 0 saturated carbocycles. The maximum Gasteiger partial charge on any atom is 0.246 e. The Bertz CT molecular complexity index is 561. The van der Waals surface area contributed by atoms with Gasteiger partial charge >= 0.3 is 0 Å². The lowest BCUT2D eigenvalue weighted by Crippen LogP contribution is -2.34. The summed E-state index contributed by atoms with van der Waals surface area (Å²) in [5.74, 6) is -0.826. The van der Waals surface area contributed by atoms with E-state index in [9.17, 15) is 12.8 Å². The molecule has 0 saturated heterocycles. The fourth-order valence-corrected chi connectivity index (χ4v) is 3.73. The van der Waals surface area contributed by atoms with E-state index in [1.54, 1.807) is 6.92 Å². The van der Waals surface area contributed by atoms with Gasteiger partial charge in [0.2, 0.25) is 10.0 Å². The van der Waals surface area contributed by atoms with E-state index in [0.717, 1.165) is 6.07 Å². The van der Waals surface area contributed by atoms with E-state index in [1.807, 2.05) is 13.8 Å². The number of sulfonamides is 1. The number of halogens is 2. The van der Waals surface area contributed by atoms with E-state index >= 15 is 0 Å². The van der Waals surface area contributed by atoms with Crippen LogP contribution in [0.4, 0.5) is 10.1 Å². The Morgan fingerprint density at radius 3 is 2.47 bits per heavy atom. The minimum Gasteiger partial charge on any atom is -0.399 e. The highest BCUT2D eigenvalue weighted by Crippen LogP contribution is 2.28. The molecule has 0 spiro atoms. The first-order valence-electron chi connectivity index (χ1n) is 5.94. The number of nitrogens with two attached hydrogens (primary N) is 1. The van der Waals surface area contributed by atoms with Gasteiger partial charge in [-0.3, -0.25) is 0 Å². The van der Waals surface area contributed by atoms with Crippen LogP contribution in [0.3, 0.4) is 0 Å². The second-order valence-electron chi connectivity index (χ2n) is 4.66. The molecule has 2 N–H and O–H groups in total. The van der Waals surface area contributed by atoms with Gasteiger partial charge in [-0.15, -0.1) is 0 Å². The van der Waals surface area contributed by atoms with E-state index in [4.69, 9.17) is 17.3 Å². The molecule has 0 radical (unpaired) electrons. The lowest BCUT2D eigenvalue weighted by atomic mass is 10.2. The lowest BCUT2D eigenvalue weighted by Gasteiger charge is -2.23. The fourth-order valence-electron chi connectivity index (χ4n) is 1.72. The van der Waals surface area contributed by atoms with Gasteiger partial charge < -0.3 is 5.73 Å². The van der Waals surface area contributed by atoms with Crippen LogP contribution >= 0.6 is 11.6 Å². The van der Waals surface area contributed by atoms with Gasteiger partial charge in [0.1, 0.15) is 4.90 Å². The van der Waals surface area contributed by atoms with Crippen LogP contribution in [0.1, 0.15) is 20.8 Å². The van der Waals surface area contributed by atoms with Crippen LogP contribution in [0.25, 0.3) is 0 Å². The molecule has 1 rings (SSSR count). The molecule has 1 aromatic carbocycles. The number of benzene rings is 1. The molecule has 0 atom stereocenters. The largest absolute Gasteiger partial charge is 0.399 e. The first-order chi connectivity index (χ1) is 8.70. The molecule has 0 aliphatic rings. The summed E-state index contributed by atoms with van der Waals surface area (Å²) < 4.78 is 39.9. The molecule has 0 fully saturated rings. The molecule has 1 aromatic rings. The van der Waals surface area contributed by atoms with Crippen LogP contribution in [0, 0.1) is 11.7 Å². The van der Waals surface area contributed by atoms with E-state index in [0.29, 0.717) is 6.54 Å². The number of anilines is 1. The van der Waals surface area contributed by atoms with Crippen molar-refractivity contribution in [3.8, 4) is 0 Å². The van der Waals surface area contributed by atoms with Crippen molar-refractivity contribution in [2.45, 2.75) is 25.7 Å². The highest BCUT2D eigenvalue weighted by Gasteiger charge is 2.28. The second-order valence-corrected chi connectivity index (χ2v) is 6.98. The monoisotopic (exact) mass is 308 g/mol. The average Bonchev–Trinajstić information content (AvgIpc) is 2.30. The Morgan fingerprint density at radius 1 is 1.42 bits per heavy atom. The van der Waals surface area contributed by atoms with Gasteiger partial charge in [0, 0.05) is 18.8 Å². The van der Waals surface area contributed by atoms with Crippen LogP contribution in [0.2, 0.25) is 5.02 Å². The van der Waals surface area contributed by atoms with Crippen LogP contribution in [0.5, 0.6) is 0 Å². The van der Waals surface area contributed by atoms with Gasteiger partial charge in [0.25, 0.3) is 0 Å². The summed E-state index contributed by atoms with van der Waals surface area (Å²) in [7, 11) is -3.93. The van der Waals surface area contributed by atoms with Crippen molar-refractivity contribution in [2.24, 2.45) is 5.92 Å². The molecular weight excluding hydrogens is 291 g/mol. The zero-order chi connectivity index (χ0) is 14.8. The summed E-state index contributed by atoms with van der Waals surface area (Å²) in [6.45, 7) is 6.05. The molecule has 0 bridgehead atoms. The highest BCUT2D eigenvalue weighted by atomic mass is 35.5. The lowest BCUT2D eigenvalue weighted by molar-refractivity contribution is 0.378. The predicted octanol–water partition coefficient (Wildman–Crippen LogP) is 2.73. The van der Waals surface area contributed by atoms with E-state index < -0.39 is 20.7 Å². The first kappa shape index (κ1) is 16.2. The number of rotatable bonds is 5. The van der Waals surface area contributed by atoms with Crippen LogP contribution in [-0.4, -0.2) is 25.8 Å².